The van der Waals surface area contributed by atoms with Crippen molar-refractivity contribution in [1.29, 1.82) is 0 Å². The molecule has 0 heterocycles. The molecule has 0 atom stereocenters. The van der Waals surface area contributed by atoms with Gasteiger partial charge in [-0.05, 0) is 69.2 Å². The van der Waals surface area contributed by atoms with Gasteiger partial charge in [-0.3, -0.25) is 4.79 Å². The van der Waals surface area contributed by atoms with Crippen molar-refractivity contribution < 1.29 is 22.7 Å². The maximum atomic E-state index is 12.9. The van der Waals surface area contributed by atoms with Crippen molar-refractivity contribution in [3.05, 3.63) is 47.5 Å². The first-order valence-electron chi connectivity index (χ1n) is 10.4. The van der Waals surface area contributed by atoms with E-state index >= 15 is 0 Å². The standard InChI is InChI=1S/C23H32N2O5S/c1-7-25(8-2)31(27,28)20-9-10-22(30-16(3)4)21(14-20)24-23(26)15-29-19-12-17(5)11-18(6)13-19/h9-14,16H,7-8,15H2,1-6H3,(H,24,26). The highest BCUT2D eigenvalue weighted by molar-refractivity contribution is 7.89. The molecule has 0 aliphatic rings. The first kappa shape index (κ1) is 24.7. The molecule has 0 aliphatic heterocycles. The number of hydrogen-bond acceptors (Lipinski definition) is 5. The van der Waals surface area contributed by atoms with E-state index < -0.39 is 15.9 Å². The fraction of sp³-hybridized carbons (Fsp3) is 0.435. The summed E-state index contributed by atoms with van der Waals surface area (Å²) in [5, 5.41) is 2.73. The van der Waals surface area contributed by atoms with Gasteiger partial charge in [-0.15, -0.1) is 0 Å². The van der Waals surface area contributed by atoms with E-state index in [9.17, 15) is 13.2 Å². The molecule has 0 aliphatic carbocycles. The summed E-state index contributed by atoms with van der Waals surface area (Å²) in [7, 11) is -3.67. The highest BCUT2D eigenvalue weighted by atomic mass is 32.2. The summed E-state index contributed by atoms with van der Waals surface area (Å²) in [5.74, 6) is 0.586. The summed E-state index contributed by atoms with van der Waals surface area (Å²) in [5.41, 5.74) is 2.37. The molecule has 1 N–H and O–H groups in total. The summed E-state index contributed by atoms with van der Waals surface area (Å²) in [6, 6.07) is 10.2. The summed E-state index contributed by atoms with van der Waals surface area (Å²) in [6.07, 6.45) is -0.146. The van der Waals surface area contributed by atoms with Gasteiger partial charge >= 0.3 is 0 Å². The smallest absolute Gasteiger partial charge is 0.262 e. The molecule has 8 heteroatoms. The number of ether oxygens (including phenoxy) is 2. The Bertz CT molecular complexity index is 994. The zero-order chi connectivity index (χ0) is 23.2. The second kappa shape index (κ2) is 10.6. The number of hydrogen-bond donors (Lipinski definition) is 1. The zero-order valence-electron chi connectivity index (χ0n) is 19.1. The molecule has 170 valence electrons. The molecule has 0 fully saturated rings. The lowest BCUT2D eigenvalue weighted by atomic mass is 10.1. The van der Waals surface area contributed by atoms with Gasteiger partial charge in [0.05, 0.1) is 16.7 Å². The topological polar surface area (TPSA) is 84.9 Å². The van der Waals surface area contributed by atoms with Crippen LogP contribution in [-0.4, -0.2) is 44.4 Å². The van der Waals surface area contributed by atoms with Crippen LogP contribution in [0.15, 0.2) is 41.3 Å². The fourth-order valence-corrected chi connectivity index (χ4v) is 4.67. The maximum absolute atomic E-state index is 12.9. The molecule has 0 saturated heterocycles. The van der Waals surface area contributed by atoms with E-state index in [0.29, 0.717) is 24.6 Å². The van der Waals surface area contributed by atoms with Gasteiger partial charge < -0.3 is 14.8 Å². The van der Waals surface area contributed by atoms with E-state index in [1.807, 2.05) is 45.9 Å². The molecule has 2 aromatic carbocycles. The number of anilines is 1. The number of nitrogens with one attached hydrogen (secondary N) is 1. The number of carbonyl (C=O) groups excluding carboxylic acids is 1. The molecule has 1 amide bonds. The lowest BCUT2D eigenvalue weighted by Crippen LogP contribution is -2.30. The number of sulfonamides is 1. The van der Waals surface area contributed by atoms with Gasteiger partial charge in [0.1, 0.15) is 11.5 Å². The van der Waals surface area contributed by atoms with Gasteiger partial charge in [0.2, 0.25) is 10.0 Å². The van der Waals surface area contributed by atoms with Gasteiger partial charge in [0.15, 0.2) is 6.61 Å². The van der Waals surface area contributed by atoms with Crippen LogP contribution < -0.4 is 14.8 Å². The van der Waals surface area contributed by atoms with E-state index in [1.165, 1.54) is 16.4 Å². The summed E-state index contributed by atoms with van der Waals surface area (Å²) < 4.78 is 38.5. The average Bonchev–Trinajstić information content (AvgIpc) is 2.67. The number of nitrogens with zero attached hydrogens (tertiary/aromatic N) is 1. The predicted octanol–water partition coefficient (Wildman–Crippen LogP) is 4.14. The van der Waals surface area contributed by atoms with E-state index in [4.69, 9.17) is 9.47 Å². The monoisotopic (exact) mass is 448 g/mol. The molecular formula is C23H32N2O5S. The molecule has 2 rings (SSSR count). The van der Waals surface area contributed by atoms with Crippen LogP contribution in [0.25, 0.3) is 0 Å². The molecular weight excluding hydrogens is 416 g/mol. The highest BCUT2D eigenvalue weighted by Crippen LogP contribution is 2.30. The summed E-state index contributed by atoms with van der Waals surface area (Å²) >= 11 is 0. The van der Waals surface area contributed by atoms with Crippen LogP contribution in [0.2, 0.25) is 0 Å². The van der Waals surface area contributed by atoms with Crippen molar-refractivity contribution in [2.75, 3.05) is 25.0 Å². The van der Waals surface area contributed by atoms with Crippen molar-refractivity contribution in [1.82, 2.24) is 4.31 Å². The molecule has 2 aromatic rings. The number of benzene rings is 2. The zero-order valence-corrected chi connectivity index (χ0v) is 19.9. The van der Waals surface area contributed by atoms with Gasteiger partial charge in [0.25, 0.3) is 5.91 Å². The maximum Gasteiger partial charge on any atom is 0.262 e. The molecule has 0 radical (unpaired) electrons. The van der Waals surface area contributed by atoms with Crippen LogP contribution in [0.4, 0.5) is 5.69 Å². The van der Waals surface area contributed by atoms with E-state index in [1.54, 1.807) is 19.9 Å². The van der Waals surface area contributed by atoms with Crippen molar-refractivity contribution >= 4 is 21.6 Å². The van der Waals surface area contributed by atoms with Crippen LogP contribution in [0.1, 0.15) is 38.8 Å². The third kappa shape index (κ3) is 6.70. The largest absolute Gasteiger partial charge is 0.489 e. The number of aryl methyl sites for hydroxylation is 2. The Labute approximate surface area is 185 Å². The third-order valence-corrected chi connectivity index (χ3v) is 6.54. The predicted molar refractivity (Wildman–Crippen MR) is 122 cm³/mol. The molecule has 0 saturated carbocycles. The second-order valence-electron chi connectivity index (χ2n) is 7.57. The Morgan fingerprint density at radius 2 is 1.65 bits per heavy atom. The SMILES string of the molecule is CCN(CC)S(=O)(=O)c1ccc(OC(C)C)c(NC(=O)COc2cc(C)cc(C)c2)c1. The minimum atomic E-state index is -3.67. The number of amides is 1. The van der Waals surface area contributed by atoms with Crippen molar-refractivity contribution in [2.45, 2.75) is 52.5 Å². The van der Waals surface area contributed by atoms with Gasteiger partial charge in [-0.25, -0.2) is 8.42 Å². The Hall–Kier alpha value is -2.58. The van der Waals surface area contributed by atoms with E-state index in [-0.39, 0.29) is 23.3 Å². The summed E-state index contributed by atoms with van der Waals surface area (Å²) in [4.78, 5) is 12.6. The Morgan fingerprint density at radius 1 is 1.03 bits per heavy atom. The first-order chi connectivity index (χ1) is 14.6. The lowest BCUT2D eigenvalue weighted by molar-refractivity contribution is -0.118. The van der Waals surface area contributed by atoms with Crippen LogP contribution in [0.5, 0.6) is 11.5 Å². The second-order valence-corrected chi connectivity index (χ2v) is 9.51. The lowest BCUT2D eigenvalue weighted by Gasteiger charge is -2.20. The minimum Gasteiger partial charge on any atom is -0.489 e. The molecule has 0 spiro atoms. The van der Waals surface area contributed by atoms with Crippen LogP contribution in [-0.2, 0) is 14.8 Å². The van der Waals surface area contributed by atoms with Gasteiger partial charge in [-0.2, -0.15) is 4.31 Å². The quantitative estimate of drug-likeness (QED) is 0.590. The fourth-order valence-electron chi connectivity index (χ4n) is 3.19. The molecule has 31 heavy (non-hydrogen) atoms. The Morgan fingerprint density at radius 3 is 2.19 bits per heavy atom. The molecule has 0 unspecified atom stereocenters. The van der Waals surface area contributed by atoms with E-state index in [2.05, 4.69) is 5.32 Å². The van der Waals surface area contributed by atoms with Crippen LogP contribution in [0, 0.1) is 13.8 Å². The van der Waals surface area contributed by atoms with Crippen LogP contribution >= 0.6 is 0 Å². The van der Waals surface area contributed by atoms with Gasteiger partial charge in [0, 0.05) is 13.1 Å². The van der Waals surface area contributed by atoms with Crippen molar-refractivity contribution in [3.63, 3.8) is 0 Å². The summed E-state index contributed by atoms with van der Waals surface area (Å²) in [6.45, 7) is 11.7. The molecule has 0 bridgehead atoms. The highest BCUT2D eigenvalue weighted by Gasteiger charge is 2.23. The normalized spacial score (nSPS) is 11.6. The van der Waals surface area contributed by atoms with E-state index in [0.717, 1.165) is 11.1 Å². The Kier molecular flexibility index (Phi) is 8.47. The van der Waals surface area contributed by atoms with Gasteiger partial charge in [-0.1, -0.05) is 19.9 Å². The van der Waals surface area contributed by atoms with Crippen LogP contribution in [0.3, 0.4) is 0 Å². The van der Waals surface area contributed by atoms with Crippen molar-refractivity contribution in [3.8, 4) is 11.5 Å². The molecule has 7 nitrogen and oxygen atoms in total. The first-order valence-corrected chi connectivity index (χ1v) is 11.8. The number of rotatable bonds is 10. The minimum absolute atomic E-state index is 0.0952. The Balaban J connectivity index is 2.26. The number of carbonyl (C=O) groups is 1. The third-order valence-electron chi connectivity index (χ3n) is 4.50. The molecule has 0 aromatic heterocycles. The van der Waals surface area contributed by atoms with Crippen molar-refractivity contribution in [2.24, 2.45) is 0 Å². The average molecular weight is 449 g/mol.